The minimum absolute atomic E-state index is 0.889. The fraction of sp³-hybridized carbons (Fsp3) is 0.143. The molecule has 0 spiro atoms. The van der Waals surface area contributed by atoms with Crippen molar-refractivity contribution in [3.8, 4) is 37.8 Å². The molecule has 1 aromatic heterocycles. The molecule has 4 aromatic rings. The zero-order valence-corrected chi connectivity index (χ0v) is 19.6. The average Bonchev–Trinajstić information content (AvgIpc) is 2.88. The van der Waals surface area contributed by atoms with E-state index in [9.17, 15) is 13.2 Å². The first-order valence-corrected chi connectivity index (χ1v) is 11.7. The van der Waals surface area contributed by atoms with Crippen LogP contribution in [0.25, 0.3) is 32.0 Å². The maximum atomic E-state index is 10.5. The van der Waals surface area contributed by atoms with Crippen LogP contribution in [0, 0.1) is 0 Å². The molecule has 3 nitrogen and oxygen atoms in total. The zero-order chi connectivity index (χ0) is 25.0. The van der Waals surface area contributed by atoms with Gasteiger partial charge in [-0.2, -0.15) is 13.2 Å². The van der Waals surface area contributed by atoms with E-state index in [4.69, 9.17) is 14.6 Å². The van der Waals surface area contributed by atoms with Gasteiger partial charge in [-0.1, -0.05) is 48.5 Å². The Bertz CT molecular complexity index is 1320. The third kappa shape index (κ3) is 5.52. The number of rotatable bonds is 3. The number of aliphatic carboxylic acids is 1. The van der Waals surface area contributed by atoms with E-state index in [2.05, 4.69) is 72.8 Å². The van der Waals surface area contributed by atoms with Crippen LogP contribution in [0.3, 0.4) is 0 Å². The minimum atomic E-state index is -5.19. The lowest BCUT2D eigenvalue weighted by atomic mass is 9.87. The molecule has 7 heteroatoms. The van der Waals surface area contributed by atoms with E-state index < -0.39 is 12.1 Å². The fourth-order valence-corrected chi connectivity index (χ4v) is 5.29. The van der Waals surface area contributed by atoms with Crippen molar-refractivity contribution in [1.82, 2.24) is 0 Å². The van der Waals surface area contributed by atoms with Gasteiger partial charge in [0.05, 0.1) is 7.11 Å². The fourth-order valence-electron chi connectivity index (χ4n) is 4.00. The molecule has 0 fully saturated rings. The maximum Gasteiger partial charge on any atom is 0.430 e. The summed E-state index contributed by atoms with van der Waals surface area (Å²) in [6.45, 7) is 0. The van der Waals surface area contributed by atoms with Gasteiger partial charge in [-0.25, -0.2) is 0 Å². The molecule has 1 aliphatic carbocycles. The number of hydrogen-bond acceptors (Lipinski definition) is 3. The van der Waals surface area contributed by atoms with Gasteiger partial charge in [0, 0.05) is 22.8 Å². The van der Waals surface area contributed by atoms with Crippen LogP contribution in [-0.4, -0.2) is 19.3 Å². The van der Waals surface area contributed by atoms with Crippen molar-refractivity contribution in [2.75, 3.05) is 7.11 Å². The van der Waals surface area contributed by atoms with Gasteiger partial charge < -0.3 is 14.6 Å². The second kappa shape index (κ2) is 10.3. The number of carbonyl (C=O) groups excluding carboxylic acids is 1. The number of carboxylic acids is 1. The van der Waals surface area contributed by atoms with Crippen molar-refractivity contribution in [2.45, 2.75) is 19.0 Å². The van der Waals surface area contributed by atoms with Crippen LogP contribution < -0.4 is 9.84 Å². The van der Waals surface area contributed by atoms with Crippen LogP contribution in [0.1, 0.15) is 11.1 Å². The quantitative estimate of drug-likeness (QED) is 0.308. The molecule has 0 atom stereocenters. The maximum absolute atomic E-state index is 10.5. The molecule has 0 saturated heterocycles. The summed E-state index contributed by atoms with van der Waals surface area (Å²) >= 11 is 1.90. The second-order valence-corrected chi connectivity index (χ2v) is 8.92. The van der Waals surface area contributed by atoms with E-state index in [-0.39, 0.29) is 0 Å². The third-order valence-electron chi connectivity index (χ3n) is 5.68. The highest BCUT2D eigenvalue weighted by molar-refractivity contribution is 7.18. The molecule has 5 rings (SSSR count). The van der Waals surface area contributed by atoms with Gasteiger partial charge in [0.15, 0.2) is 0 Å². The third-order valence-corrected chi connectivity index (χ3v) is 6.93. The molecule has 178 valence electrons. The highest BCUT2D eigenvalue weighted by Crippen LogP contribution is 2.45. The van der Waals surface area contributed by atoms with Gasteiger partial charge in [0.1, 0.15) is 11.7 Å². The van der Waals surface area contributed by atoms with Gasteiger partial charge in [-0.05, 0) is 59.9 Å². The molecular formula is C28H21F3O3S. The van der Waals surface area contributed by atoms with E-state index in [0.29, 0.717) is 0 Å². The number of aryl methyl sites for hydroxylation is 1. The summed E-state index contributed by atoms with van der Waals surface area (Å²) < 4.78 is 36.9. The van der Waals surface area contributed by atoms with Crippen LogP contribution in [0.4, 0.5) is 13.2 Å². The summed E-state index contributed by atoms with van der Waals surface area (Å²) in [5.74, 6) is -2.12. The lowest BCUT2D eigenvalue weighted by Crippen LogP contribution is -2.37. The molecule has 0 radical (unpaired) electrons. The van der Waals surface area contributed by atoms with Crippen molar-refractivity contribution in [1.29, 1.82) is 0 Å². The molecule has 3 aromatic carbocycles. The molecule has 35 heavy (non-hydrogen) atoms. The number of hydrogen-bond donors (Lipinski definition) is 0. The summed E-state index contributed by atoms with van der Waals surface area (Å²) in [7, 11) is 1.71. The first-order chi connectivity index (χ1) is 16.8. The second-order valence-electron chi connectivity index (χ2n) is 7.87. The summed E-state index contributed by atoms with van der Waals surface area (Å²) in [4.78, 5) is 11.5. The first kappa shape index (κ1) is 24.4. The monoisotopic (exact) mass is 494 g/mol. The van der Waals surface area contributed by atoms with Crippen LogP contribution in [0.5, 0.6) is 5.75 Å². The molecule has 1 aliphatic rings. The van der Waals surface area contributed by atoms with Crippen molar-refractivity contribution in [3.63, 3.8) is 0 Å². The molecule has 0 N–H and O–H groups in total. The van der Waals surface area contributed by atoms with E-state index >= 15 is 0 Å². The molecule has 0 unspecified atom stereocenters. The van der Waals surface area contributed by atoms with E-state index in [1.165, 1.54) is 43.1 Å². The number of ether oxygens (including phenoxy) is 1. The summed E-state index contributed by atoms with van der Waals surface area (Å²) in [5, 5.41) is 8.78. The van der Waals surface area contributed by atoms with E-state index in [0.717, 1.165) is 18.6 Å². The summed E-state index contributed by atoms with van der Waals surface area (Å²) in [5.41, 5.74) is 8.20. The predicted octanol–water partition coefficient (Wildman–Crippen LogP) is 6.44. The number of fused-ring (bicyclic) bond motifs is 3. The first-order valence-electron chi connectivity index (χ1n) is 10.8. The molecule has 0 bridgehead atoms. The Balaban J connectivity index is 0.000000364. The smallest absolute Gasteiger partial charge is 0.430 e. The normalized spacial score (nSPS) is 12.0. The lowest BCUT2D eigenvalue weighted by Gasteiger charge is -2.17. The molecule has 1 heterocycles. The number of benzene rings is 3. The number of carbonyl (C=O) groups is 1. The predicted molar refractivity (Wildman–Crippen MR) is 130 cm³/mol. The van der Waals surface area contributed by atoms with Crippen LogP contribution in [-0.2, 0) is 17.6 Å². The highest BCUT2D eigenvalue weighted by atomic mass is 32.1. The zero-order valence-electron chi connectivity index (χ0n) is 18.8. The SMILES string of the molecule is COc1ccc(-c2cc(-c3ccccc3)c3c([s+]2)-c2ccccc2CC3)cc1.O=C([O-])C(F)(F)F. The van der Waals surface area contributed by atoms with Crippen molar-refractivity contribution in [2.24, 2.45) is 0 Å². The van der Waals surface area contributed by atoms with Crippen molar-refractivity contribution in [3.05, 3.63) is 96.1 Å². The summed E-state index contributed by atoms with van der Waals surface area (Å²) in [6, 6.07) is 30.4. The number of alkyl halides is 3. The van der Waals surface area contributed by atoms with E-state index in [1.54, 1.807) is 7.11 Å². The topological polar surface area (TPSA) is 49.4 Å². The van der Waals surface area contributed by atoms with Gasteiger partial charge in [0.25, 0.3) is 0 Å². The Morgan fingerprint density at radius 2 is 1.49 bits per heavy atom. The number of halogens is 3. The Hall–Kier alpha value is -3.71. The lowest BCUT2D eigenvalue weighted by molar-refractivity contribution is -0.344. The molecule has 0 saturated carbocycles. The Morgan fingerprint density at radius 1 is 0.857 bits per heavy atom. The highest BCUT2D eigenvalue weighted by Gasteiger charge is 2.30. The van der Waals surface area contributed by atoms with Gasteiger partial charge in [-0.15, -0.1) is 0 Å². The Labute approximate surface area is 205 Å². The van der Waals surface area contributed by atoms with E-state index in [1.807, 2.05) is 23.5 Å². The van der Waals surface area contributed by atoms with Crippen LogP contribution in [0.2, 0.25) is 0 Å². The molecular weight excluding hydrogens is 473 g/mol. The standard InChI is InChI=1S/C26H21OS.C2HF3O2/c1-27-21-14-11-20(12-15-21)25-17-24(18-7-3-2-4-8-18)23-16-13-19-9-5-6-10-22(19)26(23)28-25;3-2(4,5)1(6)7/h2-12,14-15,17H,13,16H2,1H3;(H,6,7)/q+1;/p-1. The Morgan fingerprint density at radius 3 is 2.11 bits per heavy atom. The molecule has 0 aliphatic heterocycles. The average molecular weight is 495 g/mol. The summed E-state index contributed by atoms with van der Waals surface area (Å²) in [6.07, 6.45) is -2.99. The van der Waals surface area contributed by atoms with Crippen LogP contribution >= 0.6 is 11.3 Å². The van der Waals surface area contributed by atoms with Gasteiger partial charge >= 0.3 is 6.18 Å². The van der Waals surface area contributed by atoms with Crippen molar-refractivity contribution < 1.29 is 27.8 Å². The minimum Gasteiger partial charge on any atom is -0.542 e. The molecule has 0 amide bonds. The Kier molecular flexibility index (Phi) is 7.17. The number of methoxy groups -OCH3 is 1. The largest absolute Gasteiger partial charge is 0.542 e. The van der Waals surface area contributed by atoms with Crippen molar-refractivity contribution >= 4 is 17.3 Å². The number of carboxylic acid groups (broad SMARTS) is 1. The van der Waals surface area contributed by atoms with Gasteiger partial charge in [-0.3, -0.25) is 0 Å². The van der Waals surface area contributed by atoms with Crippen LogP contribution in [0.15, 0.2) is 84.9 Å². The van der Waals surface area contributed by atoms with Gasteiger partial charge in [0.2, 0.25) is 21.1 Å².